The van der Waals surface area contributed by atoms with Crippen LogP contribution in [0.4, 0.5) is 0 Å². The molecule has 0 spiro atoms. The molecule has 1 fully saturated rings. The van der Waals surface area contributed by atoms with Crippen LogP contribution >= 0.6 is 0 Å². The predicted molar refractivity (Wildman–Crippen MR) is 464 cm³/mol. The number of H-pyrrole nitrogens is 4. The molecule has 4 aromatic heterocycles. The highest BCUT2D eigenvalue weighted by Gasteiger charge is 2.42. The molecule has 0 unspecified atom stereocenters. The summed E-state index contributed by atoms with van der Waals surface area (Å²) in [5.41, 5.74) is 19.4. The maximum atomic E-state index is 14.6. The van der Waals surface area contributed by atoms with Crippen LogP contribution in [-0.2, 0) is 115 Å². The van der Waals surface area contributed by atoms with Crippen LogP contribution in [0.15, 0.2) is 111 Å². The van der Waals surface area contributed by atoms with Crippen LogP contribution in [0.5, 0.6) is 0 Å². The van der Waals surface area contributed by atoms with Gasteiger partial charge in [-0.15, -0.1) is 0 Å². The van der Waals surface area contributed by atoms with Crippen LogP contribution < -0.4 is 97.0 Å². The fourth-order valence-electron chi connectivity index (χ4n) is 13.9. The van der Waals surface area contributed by atoms with Gasteiger partial charge in [-0.05, 0) is 110 Å². The van der Waals surface area contributed by atoms with Gasteiger partial charge in [0.05, 0.1) is 60.7 Å². The van der Waals surface area contributed by atoms with Gasteiger partial charge in [0, 0.05) is 76.4 Å². The SMILES string of the molecule is CC(C)C[C@H](NC(=O)[C@@H]1CCCN1C(=O)[C@H](C)NC(=O)[C@H](Cc1ccccc1)NC(=O)[C@H](CCCNC(=N)N)NC(=O)[C@H](Cc1ccccc1)NC(=O)CN)C(=O)N[C@@H](CCCCN)C(=O)N[C@H](C(=O)N[C@@H](C)C(=O)N[C@@H](Cc1c[nH]cn1)C(=O)N[C@@H](Cc1c[nH]cn1)C(=O)N[C@@H](C)C(=O)N[C@@H](Cc1c[nH]cn1)C(=O)N[C@@H](Cc1c[nH]cn1)C(=O)N[C@@H](C)C(=O)O)[C@@H](C)O. The Morgan fingerprint density at radius 3 is 1.19 bits per heavy atom. The highest BCUT2D eigenvalue weighted by molar-refractivity contribution is 6.01. The first-order valence-electron chi connectivity index (χ1n) is 42.4. The molecule has 0 bridgehead atoms. The number of aromatic amines is 4. The maximum Gasteiger partial charge on any atom is 0.325 e. The Morgan fingerprint density at radius 2 is 0.798 bits per heavy atom. The average Bonchev–Trinajstić information content (AvgIpc) is 1.71. The Hall–Kier alpha value is -14.0. The summed E-state index contributed by atoms with van der Waals surface area (Å²) in [5.74, 6) is -15.0. The van der Waals surface area contributed by atoms with E-state index < -0.39 is 198 Å². The van der Waals surface area contributed by atoms with E-state index in [4.69, 9.17) is 22.6 Å². The number of carboxylic acid groups (broad SMARTS) is 1. The largest absolute Gasteiger partial charge is 0.480 e. The number of carboxylic acids is 1. The smallest absolute Gasteiger partial charge is 0.325 e. The number of benzene rings is 2. The molecule has 0 aliphatic carbocycles. The number of imidazole rings is 4. The van der Waals surface area contributed by atoms with Crippen molar-refractivity contribution in [3.8, 4) is 0 Å². The number of amides is 15. The van der Waals surface area contributed by atoms with E-state index in [1.165, 1.54) is 89.6 Å². The monoisotopic (exact) mass is 1800 g/mol. The molecule has 700 valence electrons. The number of nitrogens with two attached hydrogens (primary N) is 3. The number of carbonyl (C=O) groups excluding carboxylic acids is 15. The summed E-state index contributed by atoms with van der Waals surface area (Å²) >= 11 is 0. The summed E-state index contributed by atoms with van der Waals surface area (Å²) in [6, 6.07) is -4.04. The van der Waals surface area contributed by atoms with E-state index >= 15 is 0 Å². The lowest BCUT2D eigenvalue weighted by atomic mass is 10.0. The van der Waals surface area contributed by atoms with Crippen LogP contribution in [0.1, 0.15) is 134 Å². The number of hydrogen-bond donors (Lipinski definition) is 25. The number of guanidine groups is 1. The molecule has 0 radical (unpaired) electrons. The van der Waals surface area contributed by atoms with Crippen molar-refractivity contribution in [3.05, 3.63) is 145 Å². The first-order valence-corrected chi connectivity index (χ1v) is 42.4. The number of aromatic nitrogens is 8. The lowest BCUT2D eigenvalue weighted by Crippen LogP contribution is -2.62. The second-order valence-corrected chi connectivity index (χ2v) is 31.8. The van der Waals surface area contributed by atoms with Crippen molar-refractivity contribution in [2.24, 2.45) is 23.1 Å². The van der Waals surface area contributed by atoms with E-state index in [1.54, 1.807) is 74.5 Å². The second kappa shape index (κ2) is 51.5. The van der Waals surface area contributed by atoms with Crippen molar-refractivity contribution >= 4 is 101 Å². The molecular formula is C83H120N28O18. The van der Waals surface area contributed by atoms with Crippen molar-refractivity contribution in [2.75, 3.05) is 26.2 Å². The molecule has 1 aliphatic heterocycles. The van der Waals surface area contributed by atoms with Gasteiger partial charge < -0.3 is 132 Å². The molecule has 0 saturated carbocycles. The molecule has 129 heavy (non-hydrogen) atoms. The predicted octanol–water partition coefficient (Wildman–Crippen LogP) is -5.94. The van der Waals surface area contributed by atoms with E-state index in [1.807, 2.05) is 0 Å². The number of rotatable bonds is 53. The van der Waals surface area contributed by atoms with Crippen molar-refractivity contribution in [2.45, 2.75) is 235 Å². The van der Waals surface area contributed by atoms with Gasteiger partial charge in [0.15, 0.2) is 5.96 Å². The van der Waals surface area contributed by atoms with Crippen LogP contribution in [0.25, 0.3) is 0 Å². The number of aliphatic hydroxyl groups excluding tert-OH is 1. The van der Waals surface area contributed by atoms with E-state index in [0.717, 1.165) is 0 Å². The quantitative estimate of drug-likeness (QED) is 0.00960. The van der Waals surface area contributed by atoms with Gasteiger partial charge in [-0.1, -0.05) is 74.5 Å². The lowest BCUT2D eigenvalue weighted by molar-refractivity contribution is -0.142. The average molecular weight is 1800 g/mol. The van der Waals surface area contributed by atoms with Crippen molar-refractivity contribution in [1.29, 1.82) is 5.41 Å². The lowest BCUT2D eigenvalue weighted by Gasteiger charge is -2.30. The summed E-state index contributed by atoms with van der Waals surface area (Å²) in [6.45, 7) is 9.74. The number of unbranched alkanes of at least 4 members (excludes halogenated alkanes) is 1. The number of hydrogen-bond acceptors (Lipinski definition) is 24. The number of likely N-dealkylation sites (tertiary alicyclic amines) is 1. The zero-order chi connectivity index (χ0) is 94.4. The van der Waals surface area contributed by atoms with Gasteiger partial charge in [0.25, 0.3) is 0 Å². The number of nitrogens with zero attached hydrogens (tertiary/aromatic N) is 5. The molecule has 28 N–H and O–H groups in total. The van der Waals surface area contributed by atoms with Gasteiger partial charge in [0.2, 0.25) is 88.6 Å². The van der Waals surface area contributed by atoms with Gasteiger partial charge in [-0.3, -0.25) is 82.1 Å². The molecular weight excluding hydrogens is 1680 g/mol. The minimum atomic E-state index is -1.82. The number of carbonyl (C=O) groups is 16. The molecule has 7 rings (SSSR count). The summed E-state index contributed by atoms with van der Waals surface area (Å²) in [5, 5.41) is 67.2. The van der Waals surface area contributed by atoms with E-state index in [0.29, 0.717) is 29.7 Å². The molecule has 16 atom stereocenters. The third kappa shape index (κ3) is 33.7. The van der Waals surface area contributed by atoms with Gasteiger partial charge >= 0.3 is 5.97 Å². The number of aliphatic hydroxyl groups is 1. The molecule has 1 saturated heterocycles. The fourth-order valence-corrected chi connectivity index (χ4v) is 13.9. The number of aliphatic carboxylic acids is 1. The van der Waals surface area contributed by atoms with Crippen molar-refractivity contribution in [3.63, 3.8) is 0 Å². The standard InChI is InChI=1S/C83H120N28O18/c1-44(2)28-58(109-79(125)65-24-17-27-111(65)81(127)47(5)99-72(118)60(30-51-20-12-9-13-21-51)106-70(116)57(23-16-26-92-83(86)87)103-76(122)59(101-66(113)35-85)29-50-18-10-8-11-19-50)75(121)102-56(22-14-15-25-84)71(117)110-67(49(7)112)80(126)98-46(4)69(115)105-64(34-55-39-91-43-96-55)77(123)107-61(31-52-36-88-40-93-52)73(119)97-45(3)68(114)104-63(33-54-38-90-42-95-54)78(124)108-62(32-53-37-89-41-94-53)74(120)100-48(6)82(128)129/h8-13,18-21,36-49,56-65,67,112H,14-17,22-35,84-85H2,1-7H3,(H,88,93)(H,89,94)(H,90,95)(H,91,96)(H,97,119)(H,98,126)(H,99,118)(H,100,120)(H,101,113)(H,102,121)(H,103,122)(H,104,114)(H,105,115)(H,106,116)(H,107,123)(H,108,124)(H,109,125)(H,110,117)(H,128,129)(H4,86,87,92)/t45-,46-,47-,48-,49+,56-,57-,58-,59-,60-,61-,62-,63-,64-,65-,67-/m0/s1. The van der Waals surface area contributed by atoms with Crippen LogP contribution in [-0.4, -0.2) is 278 Å². The van der Waals surface area contributed by atoms with Crippen molar-refractivity contribution < 1.29 is 86.9 Å². The molecule has 46 heteroatoms. The molecule has 15 amide bonds. The summed E-state index contributed by atoms with van der Waals surface area (Å²) in [4.78, 5) is 254. The van der Waals surface area contributed by atoms with Gasteiger partial charge in [-0.2, -0.15) is 0 Å². The first kappa shape index (κ1) is 102. The van der Waals surface area contributed by atoms with Crippen LogP contribution in [0.3, 0.4) is 0 Å². The van der Waals surface area contributed by atoms with Crippen LogP contribution in [0, 0.1) is 11.3 Å². The van der Waals surface area contributed by atoms with Gasteiger partial charge in [-0.25, -0.2) is 19.9 Å². The Kier molecular flexibility index (Phi) is 40.8. The molecule has 5 heterocycles. The minimum absolute atomic E-state index is 0.00108. The molecule has 2 aromatic carbocycles. The van der Waals surface area contributed by atoms with E-state index in [-0.39, 0.29) is 126 Å². The molecule has 46 nitrogen and oxygen atoms in total. The highest BCUT2D eigenvalue weighted by Crippen LogP contribution is 2.21. The zero-order valence-electron chi connectivity index (χ0n) is 72.8. The minimum Gasteiger partial charge on any atom is -0.480 e. The Labute approximate surface area is 743 Å². The second-order valence-electron chi connectivity index (χ2n) is 31.8. The van der Waals surface area contributed by atoms with E-state index in [2.05, 4.69) is 120 Å². The topological polar surface area (TPSA) is 714 Å². The third-order valence-electron chi connectivity index (χ3n) is 20.8. The Balaban J connectivity index is 0.999. The number of nitrogens with one attached hydrogen (secondary N) is 20. The first-order chi connectivity index (χ1) is 61.5. The third-order valence-corrected chi connectivity index (χ3v) is 20.8. The Morgan fingerprint density at radius 1 is 0.434 bits per heavy atom. The summed E-state index contributed by atoms with van der Waals surface area (Å²) < 4.78 is 0. The van der Waals surface area contributed by atoms with Gasteiger partial charge in [0.1, 0.15) is 90.6 Å². The van der Waals surface area contributed by atoms with E-state index in [9.17, 15) is 86.9 Å². The Bertz CT molecular complexity index is 4700. The maximum absolute atomic E-state index is 14.6. The highest BCUT2D eigenvalue weighted by atomic mass is 16.4. The van der Waals surface area contributed by atoms with Crippen molar-refractivity contribution in [1.82, 2.24) is 125 Å². The summed E-state index contributed by atoms with van der Waals surface area (Å²) in [6.07, 6.45) is 9.26. The van der Waals surface area contributed by atoms with Crippen LogP contribution in [0.2, 0.25) is 0 Å². The fraction of sp³-hybridized carbons (Fsp3) is 0.506. The molecule has 6 aromatic rings. The zero-order valence-corrected chi connectivity index (χ0v) is 72.8. The molecule has 1 aliphatic rings. The summed E-state index contributed by atoms with van der Waals surface area (Å²) in [7, 11) is 0. The normalized spacial score (nSPS) is 15.8.